The minimum atomic E-state index is -0.501. The van der Waals surface area contributed by atoms with Gasteiger partial charge in [0.25, 0.3) is 0 Å². The van der Waals surface area contributed by atoms with E-state index in [1.807, 2.05) is 6.92 Å². The Morgan fingerprint density at radius 2 is 1.88 bits per heavy atom. The second kappa shape index (κ2) is 7.73. The van der Waals surface area contributed by atoms with Crippen LogP contribution in [0.15, 0.2) is 30.3 Å². The monoisotopic (exact) mass is 254 g/mol. The molecule has 1 aromatic carbocycles. The smallest absolute Gasteiger partial charge is 0.370 e. The van der Waals surface area contributed by atoms with Gasteiger partial charge in [0.2, 0.25) is 6.79 Å². The molecule has 0 radical (unpaired) electrons. The fraction of sp³-hybridized carbons (Fsp3) is 0.333. The molecule has 0 fully saturated rings. The molecule has 0 aromatic heterocycles. The molecule has 0 heterocycles. The maximum Gasteiger partial charge on any atom is 0.370 e. The Balaban J connectivity index is 2.23. The van der Waals surface area contributed by atoms with Gasteiger partial charge in [-0.25, -0.2) is 9.59 Å². The molecule has 0 amide bonds. The normalized spacial score (nSPS) is 9.71. The van der Waals surface area contributed by atoms with Gasteiger partial charge in [-0.05, 0) is 30.3 Å². The summed E-state index contributed by atoms with van der Waals surface area (Å²) in [6, 6.07) is 8.55. The molecule has 92 valence electrons. The Labute approximate surface area is 104 Å². The standard InChI is InChI=1S/C12H14O4S/c1-2-8-17-12(14)16-9-15-11(13)10-6-4-3-5-7-10/h3-7H,2,8-9H2,1H3. The van der Waals surface area contributed by atoms with E-state index in [1.165, 1.54) is 0 Å². The predicted octanol–water partition coefficient (Wildman–Crippen LogP) is 3.08. The van der Waals surface area contributed by atoms with Crippen molar-refractivity contribution in [1.29, 1.82) is 0 Å². The van der Waals surface area contributed by atoms with Crippen molar-refractivity contribution in [1.82, 2.24) is 0 Å². The minimum Gasteiger partial charge on any atom is -0.424 e. The van der Waals surface area contributed by atoms with Crippen LogP contribution in [0.25, 0.3) is 0 Å². The van der Waals surface area contributed by atoms with Gasteiger partial charge in [-0.15, -0.1) is 0 Å². The van der Waals surface area contributed by atoms with Gasteiger partial charge in [-0.2, -0.15) is 0 Å². The summed E-state index contributed by atoms with van der Waals surface area (Å²) in [5.74, 6) is 0.199. The molecule has 0 aliphatic carbocycles. The van der Waals surface area contributed by atoms with Crippen molar-refractivity contribution in [3.8, 4) is 0 Å². The first-order valence-corrected chi connectivity index (χ1v) is 6.24. The van der Waals surface area contributed by atoms with E-state index in [1.54, 1.807) is 30.3 Å². The first kappa shape index (κ1) is 13.6. The Morgan fingerprint density at radius 3 is 2.53 bits per heavy atom. The van der Waals surface area contributed by atoms with Gasteiger partial charge in [0.15, 0.2) is 0 Å². The maximum absolute atomic E-state index is 11.4. The number of esters is 1. The van der Waals surface area contributed by atoms with Crippen molar-refractivity contribution in [2.75, 3.05) is 12.5 Å². The summed E-state index contributed by atoms with van der Waals surface area (Å²) >= 11 is 1.07. The van der Waals surface area contributed by atoms with E-state index in [-0.39, 0.29) is 6.79 Å². The van der Waals surface area contributed by atoms with Gasteiger partial charge >= 0.3 is 11.3 Å². The number of carbonyl (C=O) groups is 2. The van der Waals surface area contributed by atoms with Crippen LogP contribution in [-0.4, -0.2) is 23.8 Å². The highest BCUT2D eigenvalue weighted by Crippen LogP contribution is 2.07. The number of ether oxygens (including phenoxy) is 2. The van der Waals surface area contributed by atoms with Crippen LogP contribution < -0.4 is 0 Å². The third-order valence-corrected chi connectivity index (χ3v) is 2.77. The Kier molecular flexibility index (Phi) is 6.17. The number of thioether (sulfide) groups is 1. The zero-order chi connectivity index (χ0) is 12.5. The molecule has 0 aliphatic rings. The van der Waals surface area contributed by atoms with Crippen LogP contribution in [0.1, 0.15) is 23.7 Å². The van der Waals surface area contributed by atoms with E-state index in [4.69, 9.17) is 9.47 Å². The Hall–Kier alpha value is -1.49. The van der Waals surface area contributed by atoms with Gasteiger partial charge in [-0.1, -0.05) is 25.1 Å². The van der Waals surface area contributed by atoms with Crippen LogP contribution in [0.4, 0.5) is 4.79 Å². The topological polar surface area (TPSA) is 52.6 Å². The van der Waals surface area contributed by atoms with E-state index in [0.29, 0.717) is 11.3 Å². The number of benzene rings is 1. The van der Waals surface area contributed by atoms with Gasteiger partial charge in [-0.3, -0.25) is 0 Å². The third kappa shape index (κ3) is 5.40. The van der Waals surface area contributed by atoms with Crippen LogP contribution in [0.2, 0.25) is 0 Å². The Bertz CT molecular complexity index is 364. The van der Waals surface area contributed by atoms with Crippen molar-refractivity contribution in [2.45, 2.75) is 13.3 Å². The quantitative estimate of drug-likeness (QED) is 0.597. The molecule has 1 aromatic rings. The predicted molar refractivity (Wildman–Crippen MR) is 66.0 cm³/mol. The summed E-state index contributed by atoms with van der Waals surface area (Å²) in [5.41, 5.74) is 0.435. The van der Waals surface area contributed by atoms with Crippen molar-refractivity contribution < 1.29 is 19.1 Å². The lowest BCUT2D eigenvalue weighted by Crippen LogP contribution is -2.10. The van der Waals surface area contributed by atoms with Crippen molar-refractivity contribution in [2.24, 2.45) is 0 Å². The van der Waals surface area contributed by atoms with Gasteiger partial charge < -0.3 is 9.47 Å². The second-order valence-electron chi connectivity index (χ2n) is 3.16. The highest BCUT2D eigenvalue weighted by atomic mass is 32.2. The van der Waals surface area contributed by atoms with E-state index in [0.717, 1.165) is 18.2 Å². The summed E-state index contributed by atoms with van der Waals surface area (Å²) in [7, 11) is 0. The molecule has 5 heteroatoms. The number of carbonyl (C=O) groups excluding carboxylic acids is 2. The maximum atomic E-state index is 11.4. The molecule has 0 bridgehead atoms. The van der Waals surface area contributed by atoms with Crippen molar-refractivity contribution in [3.63, 3.8) is 0 Å². The second-order valence-corrected chi connectivity index (χ2v) is 4.19. The van der Waals surface area contributed by atoms with Crippen molar-refractivity contribution in [3.05, 3.63) is 35.9 Å². The van der Waals surface area contributed by atoms with Crippen LogP contribution in [-0.2, 0) is 9.47 Å². The summed E-state index contributed by atoms with van der Waals surface area (Å²) in [5, 5.41) is -0.423. The lowest BCUT2D eigenvalue weighted by atomic mass is 10.2. The molecule has 0 aliphatic heterocycles. The lowest BCUT2D eigenvalue weighted by Gasteiger charge is -2.05. The number of hydrogen-bond acceptors (Lipinski definition) is 5. The summed E-state index contributed by atoms with van der Waals surface area (Å²) in [6.07, 6.45) is 0.892. The summed E-state index contributed by atoms with van der Waals surface area (Å²) in [4.78, 5) is 22.5. The van der Waals surface area contributed by atoms with E-state index in [2.05, 4.69) is 0 Å². The first-order valence-electron chi connectivity index (χ1n) is 5.25. The molecule has 0 spiro atoms. The highest BCUT2D eigenvalue weighted by Gasteiger charge is 2.07. The van der Waals surface area contributed by atoms with Gasteiger partial charge in [0.1, 0.15) is 0 Å². The lowest BCUT2D eigenvalue weighted by molar-refractivity contribution is 0.00408. The zero-order valence-electron chi connectivity index (χ0n) is 9.55. The average Bonchev–Trinajstić information content (AvgIpc) is 2.37. The largest absolute Gasteiger partial charge is 0.424 e. The van der Waals surface area contributed by atoms with Crippen LogP contribution in [0.3, 0.4) is 0 Å². The first-order chi connectivity index (χ1) is 8.24. The zero-order valence-corrected chi connectivity index (χ0v) is 10.4. The van der Waals surface area contributed by atoms with E-state index in [9.17, 15) is 9.59 Å². The minimum absolute atomic E-state index is 0.344. The molecular weight excluding hydrogens is 240 g/mol. The molecule has 1 rings (SSSR count). The molecule has 0 N–H and O–H groups in total. The molecule has 0 saturated heterocycles. The Morgan fingerprint density at radius 1 is 1.18 bits per heavy atom. The third-order valence-electron chi connectivity index (χ3n) is 1.80. The van der Waals surface area contributed by atoms with E-state index >= 15 is 0 Å². The SMILES string of the molecule is CCCSC(=O)OCOC(=O)c1ccccc1. The van der Waals surface area contributed by atoms with Gasteiger partial charge in [0, 0.05) is 5.75 Å². The summed E-state index contributed by atoms with van der Waals surface area (Å²) < 4.78 is 9.50. The van der Waals surface area contributed by atoms with Crippen LogP contribution in [0, 0.1) is 0 Å². The average molecular weight is 254 g/mol. The molecular formula is C12H14O4S. The molecule has 0 unspecified atom stereocenters. The molecule has 0 saturated carbocycles. The van der Waals surface area contributed by atoms with Gasteiger partial charge in [0.05, 0.1) is 5.56 Å². The molecule has 4 nitrogen and oxygen atoms in total. The number of hydrogen-bond donors (Lipinski definition) is 0. The fourth-order valence-electron chi connectivity index (χ4n) is 1.02. The van der Waals surface area contributed by atoms with Crippen LogP contribution >= 0.6 is 11.8 Å². The number of rotatable bonds is 5. The van der Waals surface area contributed by atoms with Crippen molar-refractivity contribution >= 4 is 23.0 Å². The molecule has 17 heavy (non-hydrogen) atoms. The summed E-state index contributed by atoms with van der Waals surface area (Å²) in [6.45, 7) is 1.62. The molecule has 0 atom stereocenters. The highest BCUT2D eigenvalue weighted by molar-refractivity contribution is 8.13. The van der Waals surface area contributed by atoms with Crippen LogP contribution in [0.5, 0.6) is 0 Å². The van der Waals surface area contributed by atoms with E-state index < -0.39 is 11.3 Å². The fourth-order valence-corrected chi connectivity index (χ4v) is 1.52.